The highest BCUT2D eigenvalue weighted by atomic mass is 16.5. The molecule has 1 aliphatic rings. The second-order valence-electron chi connectivity index (χ2n) is 6.84. The number of esters is 1. The zero-order valence-electron chi connectivity index (χ0n) is 16.2. The van der Waals surface area contributed by atoms with Crippen LogP contribution >= 0.6 is 0 Å². The number of nitrogens with zero attached hydrogens (tertiary/aromatic N) is 2. The molecule has 0 aliphatic carbocycles. The summed E-state index contributed by atoms with van der Waals surface area (Å²) in [7, 11) is 1.45. The van der Waals surface area contributed by atoms with Crippen LogP contribution in [-0.2, 0) is 19.1 Å². The summed E-state index contributed by atoms with van der Waals surface area (Å²) in [5.41, 5.74) is 0.853. The first-order valence-electron chi connectivity index (χ1n) is 8.80. The fourth-order valence-electron chi connectivity index (χ4n) is 2.48. The van der Waals surface area contributed by atoms with Gasteiger partial charge in [-0.3, -0.25) is 24.1 Å². The van der Waals surface area contributed by atoms with Gasteiger partial charge in [-0.15, -0.1) is 0 Å². The molecule has 1 aromatic rings. The molecule has 1 atom stereocenters. The minimum absolute atomic E-state index is 0.0969. The number of rotatable bonds is 7. The number of carbonyl (C=O) groups excluding carboxylic acids is 5. The number of likely N-dealkylation sites (N-methyl/N-ethyl adjacent to an activating group) is 1. The van der Waals surface area contributed by atoms with Crippen molar-refractivity contribution in [3.05, 3.63) is 29.8 Å². The minimum Gasteiger partial charge on any atom is -0.453 e. The standard InChI is InChI=1S/C19H23N3O6/c1-11(2)18(26)20-14-7-5-13(6-8-14)17(25)12(3)28-16(24)10-22-15(23)9-21(4)19(22)27/h5-8,11-12H,9-10H2,1-4H3,(H,20,26)/t12-/m0/s1. The fourth-order valence-corrected chi connectivity index (χ4v) is 2.48. The monoisotopic (exact) mass is 389 g/mol. The highest BCUT2D eigenvalue weighted by Crippen LogP contribution is 2.14. The first-order chi connectivity index (χ1) is 13.1. The molecule has 0 saturated carbocycles. The molecule has 1 saturated heterocycles. The fraction of sp³-hybridized carbons (Fsp3) is 0.421. The van der Waals surface area contributed by atoms with Gasteiger partial charge in [0.1, 0.15) is 13.1 Å². The van der Waals surface area contributed by atoms with E-state index >= 15 is 0 Å². The molecular weight excluding hydrogens is 366 g/mol. The van der Waals surface area contributed by atoms with Crippen LogP contribution in [0.2, 0.25) is 0 Å². The van der Waals surface area contributed by atoms with Gasteiger partial charge < -0.3 is 15.0 Å². The van der Waals surface area contributed by atoms with E-state index < -0.39 is 36.3 Å². The Morgan fingerprint density at radius 1 is 1.11 bits per heavy atom. The SMILES string of the molecule is CC(C)C(=O)Nc1ccc(C(=O)[C@H](C)OC(=O)CN2C(=O)CN(C)C2=O)cc1. The quantitative estimate of drug-likeness (QED) is 0.427. The summed E-state index contributed by atoms with van der Waals surface area (Å²) in [4.78, 5) is 61.5. The van der Waals surface area contributed by atoms with Gasteiger partial charge in [0.15, 0.2) is 6.10 Å². The van der Waals surface area contributed by atoms with Crippen molar-refractivity contribution in [1.82, 2.24) is 9.80 Å². The Balaban J connectivity index is 1.93. The number of imide groups is 1. The molecule has 150 valence electrons. The molecule has 1 N–H and O–H groups in total. The Morgan fingerprint density at radius 3 is 2.21 bits per heavy atom. The normalized spacial score (nSPS) is 15.0. The Morgan fingerprint density at radius 2 is 1.71 bits per heavy atom. The summed E-state index contributed by atoms with van der Waals surface area (Å²) in [6, 6.07) is 5.62. The van der Waals surface area contributed by atoms with Crippen LogP contribution in [0.1, 0.15) is 31.1 Å². The second kappa shape index (κ2) is 8.64. The molecule has 9 heteroatoms. The van der Waals surface area contributed by atoms with E-state index in [4.69, 9.17) is 4.74 Å². The number of anilines is 1. The van der Waals surface area contributed by atoms with Gasteiger partial charge in [-0.25, -0.2) is 4.79 Å². The molecule has 1 heterocycles. The van der Waals surface area contributed by atoms with E-state index in [0.29, 0.717) is 11.3 Å². The molecule has 28 heavy (non-hydrogen) atoms. The van der Waals surface area contributed by atoms with Crippen LogP contribution in [0.15, 0.2) is 24.3 Å². The van der Waals surface area contributed by atoms with Crippen LogP contribution in [0.3, 0.4) is 0 Å². The molecule has 0 spiro atoms. The van der Waals surface area contributed by atoms with Crippen LogP contribution in [0.4, 0.5) is 10.5 Å². The number of benzene rings is 1. The van der Waals surface area contributed by atoms with Gasteiger partial charge in [-0.2, -0.15) is 0 Å². The van der Waals surface area contributed by atoms with E-state index in [1.54, 1.807) is 26.0 Å². The molecule has 1 aliphatic heterocycles. The molecule has 0 aromatic heterocycles. The number of hydrogen-bond acceptors (Lipinski definition) is 6. The third kappa shape index (κ3) is 4.93. The third-order valence-electron chi connectivity index (χ3n) is 4.16. The van der Waals surface area contributed by atoms with E-state index in [1.807, 2.05) is 0 Å². The third-order valence-corrected chi connectivity index (χ3v) is 4.16. The lowest BCUT2D eigenvalue weighted by atomic mass is 10.1. The van der Waals surface area contributed by atoms with Crippen molar-refractivity contribution in [2.75, 3.05) is 25.5 Å². The van der Waals surface area contributed by atoms with Gasteiger partial charge >= 0.3 is 12.0 Å². The number of urea groups is 1. The van der Waals surface area contributed by atoms with E-state index in [-0.39, 0.29) is 18.4 Å². The number of ketones is 1. The highest BCUT2D eigenvalue weighted by molar-refractivity contribution is 6.04. The lowest BCUT2D eigenvalue weighted by Crippen LogP contribution is -2.38. The van der Waals surface area contributed by atoms with Crippen LogP contribution in [0.5, 0.6) is 0 Å². The van der Waals surface area contributed by atoms with Crippen molar-refractivity contribution in [2.24, 2.45) is 5.92 Å². The first kappa shape index (κ1) is 21.1. The largest absolute Gasteiger partial charge is 0.453 e. The highest BCUT2D eigenvalue weighted by Gasteiger charge is 2.35. The summed E-state index contributed by atoms with van der Waals surface area (Å²) in [6.07, 6.45) is -1.09. The average Bonchev–Trinajstić information content (AvgIpc) is 2.87. The first-order valence-corrected chi connectivity index (χ1v) is 8.80. The molecule has 9 nitrogen and oxygen atoms in total. The number of nitrogens with one attached hydrogen (secondary N) is 1. The van der Waals surface area contributed by atoms with Crippen LogP contribution in [0, 0.1) is 5.92 Å². The maximum Gasteiger partial charge on any atom is 0.327 e. The number of carbonyl (C=O) groups is 5. The molecule has 1 aromatic carbocycles. The van der Waals surface area contributed by atoms with Gasteiger partial charge in [0.05, 0.1) is 0 Å². The number of ether oxygens (including phenoxy) is 1. The van der Waals surface area contributed by atoms with Crippen molar-refractivity contribution in [3.63, 3.8) is 0 Å². The van der Waals surface area contributed by atoms with E-state index in [0.717, 1.165) is 4.90 Å². The van der Waals surface area contributed by atoms with E-state index in [9.17, 15) is 24.0 Å². The second-order valence-corrected chi connectivity index (χ2v) is 6.84. The van der Waals surface area contributed by atoms with Crippen LogP contribution in [0.25, 0.3) is 0 Å². The lowest BCUT2D eigenvalue weighted by molar-refractivity contribution is -0.149. The Labute approximate surface area is 162 Å². The van der Waals surface area contributed by atoms with Crippen molar-refractivity contribution < 1.29 is 28.7 Å². The zero-order chi connectivity index (χ0) is 21.0. The summed E-state index contributed by atoms with van der Waals surface area (Å²) in [5, 5.41) is 2.71. The van der Waals surface area contributed by atoms with Crippen LogP contribution in [-0.4, -0.2) is 65.6 Å². The predicted molar refractivity (Wildman–Crippen MR) is 99.5 cm³/mol. The van der Waals surface area contributed by atoms with Crippen molar-refractivity contribution in [1.29, 1.82) is 0 Å². The maximum atomic E-state index is 12.4. The number of hydrogen-bond donors (Lipinski definition) is 1. The Hall–Kier alpha value is -3.23. The van der Waals surface area contributed by atoms with Gasteiger partial charge in [0.25, 0.3) is 5.91 Å². The minimum atomic E-state index is -1.09. The maximum absolute atomic E-state index is 12.4. The number of amides is 4. The number of Topliss-reactive ketones (excluding diaryl/α,β-unsaturated/α-hetero) is 1. The van der Waals surface area contributed by atoms with E-state index in [2.05, 4.69) is 5.32 Å². The molecule has 0 unspecified atom stereocenters. The predicted octanol–water partition coefficient (Wildman–Crippen LogP) is 1.29. The Bertz CT molecular complexity index is 802. The van der Waals surface area contributed by atoms with Gasteiger partial charge in [0, 0.05) is 24.2 Å². The summed E-state index contributed by atoms with van der Waals surface area (Å²) >= 11 is 0. The summed E-state index contributed by atoms with van der Waals surface area (Å²) in [5.74, 6) is -2.10. The summed E-state index contributed by atoms with van der Waals surface area (Å²) in [6.45, 7) is 4.31. The van der Waals surface area contributed by atoms with Gasteiger partial charge in [-0.1, -0.05) is 13.8 Å². The van der Waals surface area contributed by atoms with E-state index in [1.165, 1.54) is 31.0 Å². The zero-order valence-corrected chi connectivity index (χ0v) is 16.2. The van der Waals surface area contributed by atoms with Gasteiger partial charge in [-0.05, 0) is 31.2 Å². The topological polar surface area (TPSA) is 113 Å². The van der Waals surface area contributed by atoms with Gasteiger partial charge in [0.2, 0.25) is 11.7 Å². The molecule has 0 bridgehead atoms. The van der Waals surface area contributed by atoms with Crippen LogP contribution < -0.4 is 5.32 Å². The molecule has 1 fully saturated rings. The van der Waals surface area contributed by atoms with Crippen molar-refractivity contribution in [2.45, 2.75) is 26.9 Å². The smallest absolute Gasteiger partial charge is 0.327 e. The Kier molecular flexibility index (Phi) is 6.50. The molecule has 4 amide bonds. The molecule has 2 rings (SSSR count). The average molecular weight is 389 g/mol. The summed E-state index contributed by atoms with van der Waals surface area (Å²) < 4.78 is 5.06. The lowest BCUT2D eigenvalue weighted by Gasteiger charge is -2.16. The van der Waals surface area contributed by atoms with Crippen molar-refractivity contribution >= 4 is 35.3 Å². The molecule has 0 radical (unpaired) electrons. The van der Waals surface area contributed by atoms with Crippen molar-refractivity contribution in [3.8, 4) is 0 Å². The molecular formula is C19H23N3O6.